The van der Waals surface area contributed by atoms with E-state index in [1.54, 1.807) is 0 Å². The fourth-order valence-electron chi connectivity index (χ4n) is 0.720. The van der Waals surface area contributed by atoms with Crippen LogP contribution in [0.2, 0.25) is 0 Å². The first-order chi connectivity index (χ1) is 6.36. The Balaban J connectivity index is 3.25. The number of ether oxygens (including phenoxy) is 1. The Hall–Kier alpha value is -0.860. The number of methoxy groups -OCH3 is 1. The van der Waals surface area contributed by atoms with Crippen LogP contribution in [-0.2, 0) is 14.8 Å². The lowest BCUT2D eigenvalue weighted by molar-refractivity contribution is 0.0557. The van der Waals surface area contributed by atoms with E-state index in [4.69, 9.17) is 9.56 Å². The van der Waals surface area contributed by atoms with Crippen LogP contribution in [0.5, 0.6) is 0 Å². The predicted molar refractivity (Wildman–Crippen MR) is 49.1 cm³/mol. The lowest BCUT2D eigenvalue weighted by Crippen LogP contribution is -2.11. The first kappa shape index (κ1) is 11.2. The van der Waals surface area contributed by atoms with Crippen molar-refractivity contribution in [3.63, 3.8) is 0 Å². The van der Waals surface area contributed by atoms with E-state index in [1.165, 1.54) is 0 Å². The highest BCUT2D eigenvalue weighted by Crippen LogP contribution is 2.24. The molecule has 0 unspecified atom stereocenters. The fraction of sp³-hybridized carbons (Fsp3) is 0.167. The van der Waals surface area contributed by atoms with Gasteiger partial charge in [-0.3, -0.25) is 0 Å². The second kappa shape index (κ2) is 3.71. The summed E-state index contributed by atoms with van der Waals surface area (Å²) in [7, 11) is -2.80. The topological polar surface area (TPSA) is 99.6 Å². The van der Waals surface area contributed by atoms with Crippen LogP contribution in [0.1, 0.15) is 10.6 Å². The molecular formula is C6H6BrNO5S. The number of carbonyl (C=O) groups is 1. The zero-order valence-electron chi connectivity index (χ0n) is 6.98. The quantitative estimate of drug-likeness (QED) is 0.796. The number of nitrogens with two attached hydrogens (primary N) is 1. The van der Waals surface area contributed by atoms with Gasteiger partial charge >= 0.3 is 5.97 Å². The number of carbonyl (C=O) groups excluding carboxylic acids is 1. The van der Waals surface area contributed by atoms with E-state index in [9.17, 15) is 13.2 Å². The lowest BCUT2D eigenvalue weighted by atomic mass is 10.5. The SMILES string of the molecule is COC(=O)c1oc(S(N)(=O)=O)cc1Br. The minimum atomic E-state index is -3.95. The Kier molecular flexibility index (Phi) is 2.98. The molecule has 0 bridgehead atoms. The number of primary sulfonamides is 1. The average Bonchev–Trinajstić information content (AvgIpc) is 2.45. The Morgan fingerprint density at radius 1 is 1.64 bits per heavy atom. The summed E-state index contributed by atoms with van der Waals surface area (Å²) in [6.07, 6.45) is 0. The number of hydrogen-bond donors (Lipinski definition) is 1. The standard InChI is InChI=1S/C6H6BrNO5S/c1-12-6(9)5-3(7)2-4(13-5)14(8,10)11/h2H,1H3,(H2,8,10,11). The zero-order chi connectivity index (χ0) is 10.9. The lowest BCUT2D eigenvalue weighted by Gasteiger charge is -1.93. The van der Waals surface area contributed by atoms with Crippen LogP contribution in [0.4, 0.5) is 0 Å². The first-order valence-corrected chi connectivity index (χ1v) is 5.60. The van der Waals surface area contributed by atoms with Crippen LogP contribution in [-0.4, -0.2) is 21.5 Å². The third-order valence-corrected chi connectivity index (χ3v) is 2.67. The number of rotatable bonds is 2. The van der Waals surface area contributed by atoms with Gasteiger partial charge in [-0.05, 0) is 15.9 Å². The van der Waals surface area contributed by atoms with Crippen LogP contribution in [0, 0.1) is 0 Å². The minimum absolute atomic E-state index is 0.174. The number of furan rings is 1. The van der Waals surface area contributed by atoms with Gasteiger partial charge in [-0.15, -0.1) is 0 Å². The summed E-state index contributed by atoms with van der Waals surface area (Å²) in [4.78, 5) is 11.0. The van der Waals surface area contributed by atoms with Gasteiger partial charge in [0.25, 0.3) is 10.0 Å². The van der Waals surface area contributed by atoms with E-state index in [0.29, 0.717) is 0 Å². The van der Waals surface area contributed by atoms with E-state index in [2.05, 4.69) is 20.7 Å². The van der Waals surface area contributed by atoms with E-state index < -0.39 is 21.1 Å². The second-order valence-corrected chi connectivity index (χ2v) is 4.63. The van der Waals surface area contributed by atoms with Crippen molar-refractivity contribution in [3.8, 4) is 0 Å². The molecule has 0 aliphatic carbocycles. The van der Waals surface area contributed by atoms with Crippen molar-refractivity contribution in [2.75, 3.05) is 7.11 Å². The fourth-order valence-corrected chi connectivity index (χ4v) is 1.80. The maximum Gasteiger partial charge on any atom is 0.375 e. The van der Waals surface area contributed by atoms with Gasteiger partial charge in [0.05, 0.1) is 11.6 Å². The molecule has 6 nitrogen and oxygen atoms in total. The van der Waals surface area contributed by atoms with Gasteiger partial charge in [0, 0.05) is 6.07 Å². The molecular weight excluding hydrogens is 278 g/mol. The molecule has 0 radical (unpaired) electrons. The molecule has 0 aliphatic rings. The van der Waals surface area contributed by atoms with Crippen molar-refractivity contribution in [1.82, 2.24) is 0 Å². The van der Waals surface area contributed by atoms with Crippen molar-refractivity contribution in [3.05, 3.63) is 16.3 Å². The molecule has 1 heterocycles. The van der Waals surface area contributed by atoms with Crippen molar-refractivity contribution in [1.29, 1.82) is 0 Å². The van der Waals surface area contributed by atoms with Crippen LogP contribution in [0.15, 0.2) is 20.0 Å². The molecule has 0 atom stereocenters. The van der Waals surface area contributed by atoms with Gasteiger partial charge in [-0.25, -0.2) is 18.4 Å². The van der Waals surface area contributed by atoms with E-state index in [1.807, 2.05) is 0 Å². The van der Waals surface area contributed by atoms with Crippen molar-refractivity contribution < 1.29 is 22.4 Å². The molecule has 0 saturated carbocycles. The largest absolute Gasteiger partial charge is 0.463 e. The minimum Gasteiger partial charge on any atom is -0.463 e. The third-order valence-electron chi connectivity index (χ3n) is 1.32. The van der Waals surface area contributed by atoms with E-state index >= 15 is 0 Å². The monoisotopic (exact) mass is 283 g/mol. The summed E-state index contributed by atoms with van der Waals surface area (Å²) >= 11 is 2.94. The molecule has 0 saturated heterocycles. The summed E-state index contributed by atoms with van der Waals surface area (Å²) in [5.41, 5.74) is 0. The summed E-state index contributed by atoms with van der Waals surface area (Å²) in [6, 6.07) is 1.08. The van der Waals surface area contributed by atoms with Crippen molar-refractivity contribution in [2.24, 2.45) is 5.14 Å². The molecule has 0 aliphatic heterocycles. The second-order valence-electron chi connectivity index (χ2n) is 2.28. The average molecular weight is 284 g/mol. The predicted octanol–water partition coefficient (Wildman–Crippen LogP) is 0.476. The number of hydrogen-bond acceptors (Lipinski definition) is 5. The highest BCUT2D eigenvalue weighted by Gasteiger charge is 2.22. The molecule has 0 spiro atoms. The van der Waals surface area contributed by atoms with E-state index in [-0.39, 0.29) is 10.2 Å². The molecule has 0 amide bonds. The van der Waals surface area contributed by atoms with Crippen LogP contribution >= 0.6 is 15.9 Å². The van der Waals surface area contributed by atoms with Gasteiger partial charge in [0.15, 0.2) is 0 Å². The summed E-state index contributed by atoms with van der Waals surface area (Å²) in [5.74, 6) is -1.02. The maximum atomic E-state index is 11.0. The highest BCUT2D eigenvalue weighted by molar-refractivity contribution is 9.10. The van der Waals surface area contributed by atoms with Crippen LogP contribution in [0.25, 0.3) is 0 Å². The Bertz CT molecular complexity index is 463. The maximum absolute atomic E-state index is 11.0. The Morgan fingerprint density at radius 3 is 2.57 bits per heavy atom. The summed E-state index contributed by atoms with van der Waals surface area (Å²) in [6.45, 7) is 0. The van der Waals surface area contributed by atoms with Crippen LogP contribution < -0.4 is 5.14 Å². The molecule has 14 heavy (non-hydrogen) atoms. The van der Waals surface area contributed by atoms with E-state index in [0.717, 1.165) is 13.2 Å². The van der Waals surface area contributed by atoms with Gasteiger partial charge < -0.3 is 9.15 Å². The smallest absolute Gasteiger partial charge is 0.375 e. The summed E-state index contributed by atoms with van der Waals surface area (Å²) in [5, 5.41) is 4.29. The van der Waals surface area contributed by atoms with Gasteiger partial charge in [0.2, 0.25) is 10.9 Å². The van der Waals surface area contributed by atoms with Crippen LogP contribution in [0.3, 0.4) is 0 Å². The molecule has 1 aromatic heterocycles. The normalized spacial score (nSPS) is 11.4. The number of halogens is 1. The molecule has 2 N–H and O–H groups in total. The Labute approximate surface area is 88.2 Å². The molecule has 0 fully saturated rings. The van der Waals surface area contributed by atoms with Gasteiger partial charge in [-0.1, -0.05) is 0 Å². The molecule has 78 valence electrons. The van der Waals surface area contributed by atoms with Gasteiger partial charge in [0.1, 0.15) is 0 Å². The third kappa shape index (κ3) is 2.14. The molecule has 1 rings (SSSR count). The molecule has 8 heteroatoms. The highest BCUT2D eigenvalue weighted by atomic mass is 79.9. The Morgan fingerprint density at radius 2 is 2.21 bits per heavy atom. The zero-order valence-corrected chi connectivity index (χ0v) is 9.38. The molecule has 1 aromatic rings. The van der Waals surface area contributed by atoms with Gasteiger partial charge in [-0.2, -0.15) is 0 Å². The van der Waals surface area contributed by atoms with Crippen molar-refractivity contribution >= 4 is 31.9 Å². The summed E-state index contributed by atoms with van der Waals surface area (Å²) < 4.78 is 30.9. The number of esters is 1. The number of sulfonamides is 1. The first-order valence-electron chi connectivity index (χ1n) is 3.26. The molecule has 0 aromatic carbocycles. The van der Waals surface area contributed by atoms with Crippen molar-refractivity contribution in [2.45, 2.75) is 5.09 Å².